The predicted molar refractivity (Wildman–Crippen MR) is 95.0 cm³/mol. The molecule has 7 nitrogen and oxygen atoms in total. The molecule has 1 saturated heterocycles. The molecule has 26 heavy (non-hydrogen) atoms. The number of carbonyl (C=O) groups is 2. The maximum Gasteiger partial charge on any atom is 0.260 e. The van der Waals surface area contributed by atoms with E-state index in [0.29, 0.717) is 29.2 Å². The number of hydrogen-bond acceptors (Lipinski definition) is 6. The van der Waals surface area contributed by atoms with Crippen LogP contribution < -0.4 is 9.47 Å². The minimum absolute atomic E-state index is 0.111. The highest BCUT2D eigenvalue weighted by Gasteiger charge is 2.36. The van der Waals surface area contributed by atoms with Crippen LogP contribution in [-0.4, -0.2) is 55.3 Å². The third kappa shape index (κ3) is 3.32. The summed E-state index contributed by atoms with van der Waals surface area (Å²) in [5.74, 6) is 0.913. The van der Waals surface area contributed by atoms with Gasteiger partial charge in [0.2, 0.25) is 6.79 Å². The van der Waals surface area contributed by atoms with Gasteiger partial charge in [-0.2, -0.15) is 0 Å². The first-order valence-corrected chi connectivity index (χ1v) is 8.70. The van der Waals surface area contributed by atoms with Crippen molar-refractivity contribution in [1.82, 2.24) is 10.0 Å². The summed E-state index contributed by atoms with van der Waals surface area (Å²) in [6.07, 6.45) is 4.00. The van der Waals surface area contributed by atoms with Crippen molar-refractivity contribution in [3.63, 3.8) is 0 Å². The second kappa shape index (κ2) is 7.88. The monoisotopic (exact) mass is 360 g/mol. The second-order valence-electron chi connectivity index (χ2n) is 6.43. The molecule has 1 aromatic carbocycles. The highest BCUT2D eigenvalue weighted by Crippen LogP contribution is 2.38. The molecule has 1 amide bonds. The van der Waals surface area contributed by atoms with Crippen LogP contribution in [-0.2, 0) is 9.53 Å². The Balaban J connectivity index is 1.98. The lowest BCUT2D eigenvalue weighted by Gasteiger charge is -2.40. The van der Waals surface area contributed by atoms with Gasteiger partial charge < -0.3 is 14.2 Å². The maximum absolute atomic E-state index is 12.7. The lowest BCUT2D eigenvalue weighted by atomic mass is 10.0. The highest BCUT2D eigenvalue weighted by atomic mass is 16.7. The van der Waals surface area contributed by atoms with Gasteiger partial charge in [-0.25, -0.2) is 5.01 Å². The summed E-state index contributed by atoms with van der Waals surface area (Å²) >= 11 is 0. The molecule has 0 unspecified atom stereocenters. The molecule has 140 valence electrons. The summed E-state index contributed by atoms with van der Waals surface area (Å²) in [6.45, 7) is 6.95. The number of carbonyl (C=O) groups excluding carboxylic acids is 2. The number of amides is 1. The normalized spacial score (nSPS) is 20.0. The number of fused-ring (bicyclic) bond motifs is 1. The van der Waals surface area contributed by atoms with E-state index in [1.54, 1.807) is 24.3 Å². The zero-order valence-corrected chi connectivity index (χ0v) is 15.1. The number of aldehydes is 1. The molecule has 7 heteroatoms. The molecule has 1 fully saturated rings. The largest absolute Gasteiger partial charge is 0.454 e. The first kappa shape index (κ1) is 18.4. The minimum atomic E-state index is -0.368. The molecule has 0 spiro atoms. The maximum atomic E-state index is 12.7. The fourth-order valence-corrected chi connectivity index (χ4v) is 3.67. The summed E-state index contributed by atoms with van der Waals surface area (Å²) in [4.78, 5) is 24.3. The number of rotatable bonds is 7. The van der Waals surface area contributed by atoms with Crippen LogP contribution in [0.25, 0.3) is 0 Å². The Hall–Kier alpha value is -2.38. The van der Waals surface area contributed by atoms with E-state index in [1.165, 1.54) is 6.08 Å². The van der Waals surface area contributed by atoms with Crippen molar-refractivity contribution in [3.05, 3.63) is 35.9 Å². The van der Waals surface area contributed by atoms with E-state index < -0.39 is 0 Å². The Morgan fingerprint density at radius 3 is 2.85 bits per heavy atom. The van der Waals surface area contributed by atoms with Crippen LogP contribution in [0.2, 0.25) is 0 Å². The van der Waals surface area contributed by atoms with Gasteiger partial charge >= 0.3 is 0 Å². The van der Waals surface area contributed by atoms with E-state index in [-0.39, 0.29) is 24.8 Å². The molecule has 3 rings (SSSR count). The van der Waals surface area contributed by atoms with Crippen molar-refractivity contribution < 1.29 is 23.8 Å². The van der Waals surface area contributed by atoms with E-state index >= 15 is 0 Å². The number of hydrogen-bond donors (Lipinski definition) is 0. The molecular weight excluding hydrogens is 336 g/mol. The Kier molecular flexibility index (Phi) is 5.58. The lowest BCUT2D eigenvalue weighted by Crippen LogP contribution is -2.50. The van der Waals surface area contributed by atoms with Crippen molar-refractivity contribution in [1.29, 1.82) is 0 Å². The van der Waals surface area contributed by atoms with Crippen LogP contribution in [0.15, 0.2) is 24.8 Å². The van der Waals surface area contributed by atoms with Gasteiger partial charge in [-0.3, -0.25) is 14.6 Å². The van der Waals surface area contributed by atoms with Crippen molar-refractivity contribution in [2.45, 2.75) is 31.8 Å². The summed E-state index contributed by atoms with van der Waals surface area (Å²) < 4.78 is 16.1. The summed E-state index contributed by atoms with van der Waals surface area (Å²) in [6, 6.07) is 3.18. The average Bonchev–Trinajstić information content (AvgIpc) is 3.29. The standard InChI is InChI=1S/C19H24N2O5/c1-4-19(23)21(20-7-5-6-15(20)11-24-3)13(2)16-9-18-17(25-12-26-18)8-14(16)10-22/h4,8-10,13,15H,1,5-7,11-12H2,2-3H3/t13-,15+/m1/s1. The zero-order chi connectivity index (χ0) is 18.7. The molecule has 0 radical (unpaired) electrons. The second-order valence-corrected chi connectivity index (χ2v) is 6.43. The molecule has 1 aromatic rings. The van der Waals surface area contributed by atoms with Gasteiger partial charge in [0.05, 0.1) is 18.7 Å². The molecule has 2 heterocycles. The number of ether oxygens (including phenoxy) is 3. The van der Waals surface area contributed by atoms with Gasteiger partial charge in [-0.15, -0.1) is 0 Å². The molecule has 0 aromatic heterocycles. The molecule has 2 aliphatic heterocycles. The first-order valence-electron chi connectivity index (χ1n) is 8.70. The topological polar surface area (TPSA) is 68.3 Å². The number of methoxy groups -OCH3 is 1. The van der Waals surface area contributed by atoms with Gasteiger partial charge in [-0.1, -0.05) is 6.58 Å². The Bertz CT molecular complexity index is 705. The van der Waals surface area contributed by atoms with Crippen molar-refractivity contribution in [3.8, 4) is 11.5 Å². The fourth-order valence-electron chi connectivity index (χ4n) is 3.67. The van der Waals surface area contributed by atoms with E-state index in [2.05, 4.69) is 6.58 Å². The fraction of sp³-hybridized carbons (Fsp3) is 0.474. The molecule has 2 atom stereocenters. The van der Waals surface area contributed by atoms with Gasteiger partial charge in [0, 0.05) is 19.2 Å². The van der Waals surface area contributed by atoms with Crippen LogP contribution in [0.4, 0.5) is 0 Å². The average molecular weight is 360 g/mol. The van der Waals surface area contributed by atoms with Crippen LogP contribution in [0.3, 0.4) is 0 Å². The van der Waals surface area contributed by atoms with Gasteiger partial charge in [0.1, 0.15) is 0 Å². The van der Waals surface area contributed by atoms with E-state index in [4.69, 9.17) is 14.2 Å². The van der Waals surface area contributed by atoms with Crippen LogP contribution in [0.5, 0.6) is 11.5 Å². The third-order valence-electron chi connectivity index (χ3n) is 4.90. The molecule has 0 saturated carbocycles. The number of hydrazine groups is 1. The Morgan fingerprint density at radius 1 is 1.46 bits per heavy atom. The van der Waals surface area contributed by atoms with E-state index in [1.807, 2.05) is 11.9 Å². The molecule has 0 aliphatic carbocycles. The molecule has 0 N–H and O–H groups in total. The summed E-state index contributed by atoms with van der Waals surface area (Å²) in [7, 11) is 1.65. The minimum Gasteiger partial charge on any atom is -0.454 e. The van der Waals surface area contributed by atoms with E-state index in [9.17, 15) is 9.59 Å². The Morgan fingerprint density at radius 2 is 2.19 bits per heavy atom. The highest BCUT2D eigenvalue weighted by molar-refractivity contribution is 5.87. The quantitative estimate of drug-likeness (QED) is 0.549. The SMILES string of the molecule is C=CC(=O)N([C@H](C)c1cc2c(cc1C=O)OCO2)N1CCC[C@H]1COC. The van der Waals surface area contributed by atoms with Crippen LogP contribution >= 0.6 is 0 Å². The number of nitrogens with zero attached hydrogens (tertiary/aromatic N) is 2. The molecule has 2 aliphatic rings. The lowest BCUT2D eigenvalue weighted by molar-refractivity contribution is -0.153. The molecule has 0 bridgehead atoms. The van der Waals surface area contributed by atoms with Crippen molar-refractivity contribution >= 4 is 12.2 Å². The van der Waals surface area contributed by atoms with Gasteiger partial charge in [0.15, 0.2) is 17.8 Å². The van der Waals surface area contributed by atoms with Crippen molar-refractivity contribution in [2.24, 2.45) is 0 Å². The zero-order valence-electron chi connectivity index (χ0n) is 15.1. The van der Waals surface area contributed by atoms with Crippen LogP contribution in [0, 0.1) is 0 Å². The third-order valence-corrected chi connectivity index (χ3v) is 4.90. The Labute approximate surface area is 153 Å². The summed E-state index contributed by atoms with van der Waals surface area (Å²) in [5, 5.41) is 3.70. The van der Waals surface area contributed by atoms with E-state index in [0.717, 1.165) is 25.7 Å². The van der Waals surface area contributed by atoms with Gasteiger partial charge in [-0.05, 0) is 43.5 Å². The summed E-state index contributed by atoms with van der Waals surface area (Å²) in [5.41, 5.74) is 1.19. The van der Waals surface area contributed by atoms with Crippen molar-refractivity contribution in [2.75, 3.05) is 27.1 Å². The van der Waals surface area contributed by atoms with Gasteiger partial charge in [0.25, 0.3) is 5.91 Å². The molecular formula is C19H24N2O5. The predicted octanol–water partition coefficient (Wildman–Crippen LogP) is 2.33. The van der Waals surface area contributed by atoms with Crippen LogP contribution in [0.1, 0.15) is 41.7 Å². The first-order chi connectivity index (χ1) is 12.6. The number of benzene rings is 1. The smallest absolute Gasteiger partial charge is 0.260 e.